The Morgan fingerprint density at radius 2 is 2.16 bits per heavy atom. The number of amides is 1. The van der Waals surface area contributed by atoms with Crippen molar-refractivity contribution in [2.45, 2.75) is 19.3 Å². The van der Waals surface area contributed by atoms with Gasteiger partial charge in [-0.05, 0) is 23.3 Å². The summed E-state index contributed by atoms with van der Waals surface area (Å²) in [6.45, 7) is 0.963. The summed E-state index contributed by atoms with van der Waals surface area (Å²) >= 11 is 0. The van der Waals surface area contributed by atoms with Crippen LogP contribution in [0.1, 0.15) is 21.5 Å². The molecule has 0 aromatic heterocycles. The maximum Gasteiger partial charge on any atom is 0.328 e. The first-order valence-corrected chi connectivity index (χ1v) is 5.84. The fourth-order valence-electron chi connectivity index (χ4n) is 1.90. The highest BCUT2D eigenvalue weighted by atomic mass is 16.5. The van der Waals surface area contributed by atoms with Gasteiger partial charge in [-0.25, -0.2) is 4.79 Å². The van der Waals surface area contributed by atoms with Crippen LogP contribution in [0.4, 0.5) is 0 Å². The predicted molar refractivity (Wildman–Crippen MR) is 65.7 cm³/mol. The van der Waals surface area contributed by atoms with Gasteiger partial charge in [-0.2, -0.15) is 0 Å². The van der Waals surface area contributed by atoms with Crippen LogP contribution in [0.3, 0.4) is 0 Å². The molecule has 0 radical (unpaired) electrons. The summed E-state index contributed by atoms with van der Waals surface area (Å²) in [6.07, 6.45) is 0. The highest BCUT2D eigenvalue weighted by Gasteiger charge is 2.21. The van der Waals surface area contributed by atoms with Crippen LogP contribution in [0.25, 0.3) is 0 Å². The summed E-state index contributed by atoms with van der Waals surface area (Å²) < 4.78 is 10.0. The number of hydrogen-bond acceptors (Lipinski definition) is 4. The normalized spacial score (nSPS) is 14.8. The van der Waals surface area contributed by atoms with Gasteiger partial charge in [0.25, 0.3) is 5.91 Å². The molecule has 6 heteroatoms. The molecule has 1 heterocycles. The molecule has 0 bridgehead atoms. The largest absolute Gasteiger partial charge is 0.480 e. The van der Waals surface area contributed by atoms with E-state index in [9.17, 15) is 9.59 Å². The molecule has 1 aromatic rings. The number of nitrogens with one attached hydrogen (secondary N) is 1. The van der Waals surface area contributed by atoms with Gasteiger partial charge in [0, 0.05) is 12.7 Å². The van der Waals surface area contributed by atoms with Crippen molar-refractivity contribution >= 4 is 11.9 Å². The predicted octanol–water partition coefficient (Wildman–Crippen LogP) is 0.546. The first-order chi connectivity index (χ1) is 9.11. The second kappa shape index (κ2) is 5.81. The number of methoxy groups -OCH3 is 1. The van der Waals surface area contributed by atoms with E-state index >= 15 is 0 Å². The summed E-state index contributed by atoms with van der Waals surface area (Å²) in [4.78, 5) is 22.9. The van der Waals surface area contributed by atoms with E-state index in [0.29, 0.717) is 18.8 Å². The van der Waals surface area contributed by atoms with E-state index in [1.54, 1.807) is 12.1 Å². The van der Waals surface area contributed by atoms with Gasteiger partial charge in [0.2, 0.25) is 0 Å². The summed E-state index contributed by atoms with van der Waals surface area (Å²) in [7, 11) is 1.38. The maximum atomic E-state index is 12.0. The minimum atomic E-state index is -1.13. The molecule has 2 rings (SSSR count). The SMILES string of the molecule is COCC(NC(=O)c1ccc2c(c1)COC2)C(=O)O. The molecule has 1 unspecified atom stereocenters. The number of rotatable bonds is 5. The molecule has 6 nitrogen and oxygen atoms in total. The third kappa shape index (κ3) is 3.10. The highest BCUT2D eigenvalue weighted by molar-refractivity contribution is 5.96. The second-order valence-corrected chi connectivity index (χ2v) is 4.30. The smallest absolute Gasteiger partial charge is 0.328 e. The van der Waals surface area contributed by atoms with Crippen LogP contribution in [0.2, 0.25) is 0 Å². The zero-order valence-corrected chi connectivity index (χ0v) is 10.5. The van der Waals surface area contributed by atoms with Crippen molar-refractivity contribution in [3.05, 3.63) is 34.9 Å². The number of carboxylic acids is 1. The molecule has 0 spiro atoms. The monoisotopic (exact) mass is 265 g/mol. The molecule has 0 fully saturated rings. The Morgan fingerprint density at radius 3 is 2.84 bits per heavy atom. The van der Waals surface area contributed by atoms with Gasteiger partial charge in [0.05, 0.1) is 19.8 Å². The Labute approximate surface area is 110 Å². The molecule has 1 atom stereocenters. The lowest BCUT2D eigenvalue weighted by molar-refractivity contribution is -0.140. The number of carboxylic acid groups (broad SMARTS) is 1. The Hall–Kier alpha value is -1.92. The Bertz CT molecular complexity index is 500. The van der Waals surface area contributed by atoms with Crippen LogP contribution < -0.4 is 5.32 Å². The summed E-state index contributed by atoms with van der Waals surface area (Å²) in [6, 6.07) is 4.16. The zero-order valence-electron chi connectivity index (χ0n) is 10.5. The van der Waals surface area contributed by atoms with E-state index in [0.717, 1.165) is 11.1 Å². The van der Waals surface area contributed by atoms with Crippen molar-refractivity contribution in [1.82, 2.24) is 5.32 Å². The molecule has 1 aliphatic rings. The first-order valence-electron chi connectivity index (χ1n) is 5.84. The molecular formula is C13H15NO5. The van der Waals surface area contributed by atoms with Crippen LogP contribution in [-0.4, -0.2) is 36.7 Å². The maximum absolute atomic E-state index is 12.0. The van der Waals surface area contributed by atoms with Crippen LogP contribution >= 0.6 is 0 Å². The van der Waals surface area contributed by atoms with Crippen molar-refractivity contribution in [3.63, 3.8) is 0 Å². The lowest BCUT2D eigenvalue weighted by Crippen LogP contribution is -2.43. The number of ether oxygens (including phenoxy) is 2. The van der Waals surface area contributed by atoms with E-state index in [4.69, 9.17) is 14.6 Å². The quantitative estimate of drug-likeness (QED) is 0.812. The first kappa shape index (κ1) is 13.5. The van der Waals surface area contributed by atoms with Crippen molar-refractivity contribution in [3.8, 4) is 0 Å². The number of benzene rings is 1. The number of carbonyl (C=O) groups is 2. The summed E-state index contributed by atoms with van der Waals surface area (Å²) in [5, 5.41) is 11.4. The van der Waals surface area contributed by atoms with E-state index in [-0.39, 0.29) is 6.61 Å². The Morgan fingerprint density at radius 1 is 1.42 bits per heavy atom. The van der Waals surface area contributed by atoms with Crippen LogP contribution in [-0.2, 0) is 27.5 Å². The van der Waals surface area contributed by atoms with Crippen molar-refractivity contribution in [2.75, 3.05) is 13.7 Å². The van der Waals surface area contributed by atoms with Crippen molar-refractivity contribution in [2.24, 2.45) is 0 Å². The Balaban J connectivity index is 2.09. The van der Waals surface area contributed by atoms with Crippen molar-refractivity contribution in [1.29, 1.82) is 0 Å². The number of aliphatic carboxylic acids is 1. The van der Waals surface area contributed by atoms with Crippen LogP contribution in [0.15, 0.2) is 18.2 Å². The molecule has 1 amide bonds. The molecule has 0 saturated carbocycles. The lowest BCUT2D eigenvalue weighted by atomic mass is 10.1. The lowest BCUT2D eigenvalue weighted by Gasteiger charge is -2.13. The van der Waals surface area contributed by atoms with E-state index in [1.807, 2.05) is 6.07 Å². The molecular weight excluding hydrogens is 250 g/mol. The van der Waals surface area contributed by atoms with Gasteiger partial charge in [0.1, 0.15) is 0 Å². The van der Waals surface area contributed by atoms with Gasteiger partial charge >= 0.3 is 5.97 Å². The third-order valence-electron chi connectivity index (χ3n) is 2.92. The molecule has 0 saturated heterocycles. The summed E-state index contributed by atoms with van der Waals surface area (Å²) in [5.41, 5.74) is 2.45. The van der Waals surface area contributed by atoms with Crippen molar-refractivity contribution < 1.29 is 24.2 Å². The summed E-state index contributed by atoms with van der Waals surface area (Å²) in [5.74, 6) is -1.56. The van der Waals surface area contributed by atoms with Crippen LogP contribution in [0.5, 0.6) is 0 Å². The van der Waals surface area contributed by atoms with E-state index in [1.165, 1.54) is 7.11 Å². The highest BCUT2D eigenvalue weighted by Crippen LogP contribution is 2.20. The Kier molecular flexibility index (Phi) is 4.13. The van der Waals surface area contributed by atoms with E-state index in [2.05, 4.69) is 5.32 Å². The fourth-order valence-corrected chi connectivity index (χ4v) is 1.90. The zero-order chi connectivity index (χ0) is 13.8. The number of hydrogen-bond donors (Lipinski definition) is 2. The molecule has 0 aliphatic carbocycles. The number of fused-ring (bicyclic) bond motifs is 1. The van der Waals surface area contributed by atoms with Gasteiger partial charge in [-0.15, -0.1) is 0 Å². The van der Waals surface area contributed by atoms with E-state index < -0.39 is 17.9 Å². The minimum Gasteiger partial charge on any atom is -0.480 e. The van der Waals surface area contributed by atoms with Gasteiger partial charge in [0.15, 0.2) is 6.04 Å². The topological polar surface area (TPSA) is 84.9 Å². The van der Waals surface area contributed by atoms with Gasteiger partial charge in [-0.1, -0.05) is 6.07 Å². The molecule has 102 valence electrons. The fraction of sp³-hybridized carbons (Fsp3) is 0.385. The molecule has 1 aliphatic heterocycles. The molecule has 2 N–H and O–H groups in total. The molecule has 1 aromatic carbocycles. The van der Waals surface area contributed by atoms with Crippen LogP contribution in [0, 0.1) is 0 Å². The second-order valence-electron chi connectivity index (χ2n) is 4.30. The standard InChI is InChI=1S/C13H15NO5/c1-18-7-11(13(16)17)14-12(15)8-2-3-9-5-19-6-10(9)4-8/h2-4,11H,5-7H2,1H3,(H,14,15)(H,16,17). The average molecular weight is 265 g/mol. The van der Waals surface area contributed by atoms with Gasteiger partial charge < -0.3 is 19.9 Å². The average Bonchev–Trinajstić information content (AvgIpc) is 2.85. The minimum absolute atomic E-state index is 0.0743. The van der Waals surface area contributed by atoms with Gasteiger partial charge in [-0.3, -0.25) is 4.79 Å². The third-order valence-corrected chi connectivity index (χ3v) is 2.92. The number of carbonyl (C=O) groups excluding carboxylic acids is 1. The molecule has 19 heavy (non-hydrogen) atoms.